The zero-order chi connectivity index (χ0) is 20.5. The molecule has 1 aliphatic rings. The maximum absolute atomic E-state index is 12.4. The van der Waals surface area contributed by atoms with E-state index in [-0.39, 0.29) is 17.8 Å². The van der Waals surface area contributed by atoms with Crippen LogP contribution in [0.1, 0.15) is 49.3 Å². The summed E-state index contributed by atoms with van der Waals surface area (Å²) in [7, 11) is -5.70. The van der Waals surface area contributed by atoms with Crippen LogP contribution in [0.5, 0.6) is 17.2 Å². The average molecular weight is 416 g/mol. The standard InChI is InChI=1S/C19H19F3O5S/c1-2-3-13-10-18(26-17-9-6-14(23)11-16(13)17)12-4-7-15(8-5-12)27-28(24,25)19(20,21)22/h4-9,11,13,18,23H,2-3,10H2,1H3. The highest BCUT2D eigenvalue weighted by Gasteiger charge is 2.48. The molecule has 2 atom stereocenters. The van der Waals surface area contributed by atoms with Crippen molar-refractivity contribution in [2.24, 2.45) is 0 Å². The maximum Gasteiger partial charge on any atom is 0.534 e. The van der Waals surface area contributed by atoms with E-state index in [2.05, 4.69) is 11.1 Å². The van der Waals surface area contributed by atoms with Crippen LogP contribution >= 0.6 is 0 Å². The van der Waals surface area contributed by atoms with Crippen LogP contribution in [-0.2, 0) is 10.1 Å². The van der Waals surface area contributed by atoms with Crippen molar-refractivity contribution >= 4 is 10.1 Å². The van der Waals surface area contributed by atoms with Crippen LogP contribution in [0.4, 0.5) is 13.2 Å². The summed E-state index contributed by atoms with van der Waals surface area (Å²) in [4.78, 5) is 0. The quantitative estimate of drug-likeness (QED) is 0.547. The van der Waals surface area contributed by atoms with E-state index in [1.165, 1.54) is 30.3 Å². The fourth-order valence-corrected chi connectivity index (χ4v) is 3.75. The Hall–Kier alpha value is -2.42. The van der Waals surface area contributed by atoms with Gasteiger partial charge in [0.05, 0.1) is 0 Å². The van der Waals surface area contributed by atoms with Gasteiger partial charge in [0.15, 0.2) is 0 Å². The Morgan fingerprint density at radius 3 is 2.46 bits per heavy atom. The number of alkyl halides is 3. The van der Waals surface area contributed by atoms with Gasteiger partial charge < -0.3 is 14.0 Å². The Morgan fingerprint density at radius 2 is 1.86 bits per heavy atom. The van der Waals surface area contributed by atoms with Crippen LogP contribution in [0.3, 0.4) is 0 Å². The van der Waals surface area contributed by atoms with Gasteiger partial charge in [-0.25, -0.2) is 0 Å². The summed E-state index contributed by atoms with van der Waals surface area (Å²) in [5.74, 6) is 0.543. The van der Waals surface area contributed by atoms with Crippen LogP contribution in [-0.4, -0.2) is 19.0 Å². The number of hydrogen-bond acceptors (Lipinski definition) is 5. The van der Waals surface area contributed by atoms with Crippen LogP contribution in [0.2, 0.25) is 0 Å². The molecule has 0 fully saturated rings. The van der Waals surface area contributed by atoms with E-state index >= 15 is 0 Å². The topological polar surface area (TPSA) is 72.8 Å². The lowest BCUT2D eigenvalue weighted by atomic mass is 9.84. The molecule has 0 saturated carbocycles. The Balaban J connectivity index is 1.81. The highest BCUT2D eigenvalue weighted by Crippen LogP contribution is 2.45. The molecule has 2 aromatic rings. The van der Waals surface area contributed by atoms with Gasteiger partial charge in [-0.15, -0.1) is 0 Å². The molecule has 3 rings (SSSR count). The lowest BCUT2D eigenvalue weighted by Crippen LogP contribution is -2.28. The van der Waals surface area contributed by atoms with Gasteiger partial charge in [0, 0.05) is 5.56 Å². The second kappa shape index (κ2) is 7.54. The number of phenolic OH excluding ortho intramolecular Hbond substituents is 1. The summed E-state index contributed by atoms with van der Waals surface area (Å²) >= 11 is 0. The molecular weight excluding hydrogens is 397 g/mol. The number of phenols is 1. The summed E-state index contributed by atoms with van der Waals surface area (Å²) in [6.45, 7) is 2.06. The molecule has 1 heterocycles. The van der Waals surface area contributed by atoms with Crippen molar-refractivity contribution in [2.45, 2.75) is 43.7 Å². The van der Waals surface area contributed by atoms with Crippen LogP contribution < -0.4 is 8.92 Å². The van der Waals surface area contributed by atoms with Crippen molar-refractivity contribution in [3.63, 3.8) is 0 Å². The van der Waals surface area contributed by atoms with Crippen LogP contribution in [0.25, 0.3) is 0 Å². The molecule has 0 amide bonds. The lowest BCUT2D eigenvalue weighted by molar-refractivity contribution is -0.0500. The van der Waals surface area contributed by atoms with Gasteiger partial charge in [0.25, 0.3) is 0 Å². The molecule has 0 aliphatic carbocycles. The molecule has 2 unspecified atom stereocenters. The normalized spacial score (nSPS) is 19.6. The molecule has 152 valence electrons. The first-order valence-corrected chi connectivity index (χ1v) is 10.1. The van der Waals surface area contributed by atoms with E-state index < -0.39 is 21.4 Å². The van der Waals surface area contributed by atoms with Crippen molar-refractivity contribution in [1.29, 1.82) is 0 Å². The molecule has 9 heteroatoms. The summed E-state index contributed by atoms with van der Waals surface area (Å²) in [6.07, 6.45) is 2.11. The summed E-state index contributed by atoms with van der Waals surface area (Å²) in [5.41, 5.74) is -3.87. The number of ether oxygens (including phenoxy) is 1. The zero-order valence-corrected chi connectivity index (χ0v) is 15.8. The van der Waals surface area contributed by atoms with Crippen LogP contribution in [0, 0.1) is 0 Å². The third-order valence-corrected chi connectivity index (χ3v) is 5.56. The minimum Gasteiger partial charge on any atom is -0.508 e. The maximum atomic E-state index is 12.4. The van der Waals surface area contributed by atoms with Gasteiger partial charge in [-0.3, -0.25) is 0 Å². The van der Waals surface area contributed by atoms with Gasteiger partial charge in [-0.2, -0.15) is 21.6 Å². The molecule has 0 radical (unpaired) electrons. The first-order valence-electron chi connectivity index (χ1n) is 8.71. The predicted molar refractivity (Wildman–Crippen MR) is 95.8 cm³/mol. The number of halogens is 3. The van der Waals surface area contributed by atoms with E-state index in [4.69, 9.17) is 4.74 Å². The van der Waals surface area contributed by atoms with Gasteiger partial charge in [-0.05, 0) is 54.7 Å². The molecule has 5 nitrogen and oxygen atoms in total. The Bertz CT molecular complexity index is 939. The molecule has 0 spiro atoms. The molecule has 0 bridgehead atoms. The highest BCUT2D eigenvalue weighted by atomic mass is 32.2. The lowest BCUT2D eigenvalue weighted by Gasteiger charge is -2.32. The van der Waals surface area contributed by atoms with Crippen molar-refractivity contribution in [3.05, 3.63) is 53.6 Å². The monoisotopic (exact) mass is 416 g/mol. The average Bonchev–Trinajstić information content (AvgIpc) is 2.61. The third-order valence-electron chi connectivity index (χ3n) is 4.58. The summed E-state index contributed by atoms with van der Waals surface area (Å²) < 4.78 is 69.6. The van der Waals surface area contributed by atoms with Crippen molar-refractivity contribution in [1.82, 2.24) is 0 Å². The molecule has 0 aromatic heterocycles. The highest BCUT2D eigenvalue weighted by molar-refractivity contribution is 7.88. The number of aromatic hydroxyl groups is 1. The van der Waals surface area contributed by atoms with E-state index in [0.29, 0.717) is 17.7 Å². The first kappa shape index (κ1) is 20.3. The van der Waals surface area contributed by atoms with Gasteiger partial charge >= 0.3 is 15.6 Å². The van der Waals surface area contributed by atoms with Crippen molar-refractivity contribution < 1.29 is 35.6 Å². The second-order valence-corrected chi connectivity index (χ2v) is 8.14. The Labute approximate surface area is 160 Å². The first-order chi connectivity index (χ1) is 13.1. The smallest absolute Gasteiger partial charge is 0.508 e. The molecule has 1 N–H and O–H groups in total. The third kappa shape index (κ3) is 4.19. The summed E-state index contributed by atoms with van der Waals surface area (Å²) in [5, 5.41) is 9.74. The minimum absolute atomic E-state index is 0.160. The predicted octanol–water partition coefficient (Wildman–Crippen LogP) is 5.03. The molecule has 2 aromatic carbocycles. The number of benzene rings is 2. The number of hydrogen-bond donors (Lipinski definition) is 1. The summed E-state index contributed by atoms with van der Waals surface area (Å²) in [6, 6.07) is 10.2. The van der Waals surface area contributed by atoms with E-state index in [1.807, 2.05) is 0 Å². The largest absolute Gasteiger partial charge is 0.534 e. The Kier molecular flexibility index (Phi) is 5.47. The molecule has 1 aliphatic heterocycles. The fraction of sp³-hybridized carbons (Fsp3) is 0.368. The number of fused-ring (bicyclic) bond motifs is 1. The Morgan fingerprint density at radius 1 is 1.18 bits per heavy atom. The van der Waals surface area contributed by atoms with Crippen molar-refractivity contribution in [3.8, 4) is 17.2 Å². The van der Waals surface area contributed by atoms with E-state index in [0.717, 1.165) is 18.4 Å². The van der Waals surface area contributed by atoms with Gasteiger partial charge in [0.1, 0.15) is 23.4 Å². The van der Waals surface area contributed by atoms with E-state index in [1.54, 1.807) is 12.1 Å². The minimum atomic E-state index is -5.70. The van der Waals surface area contributed by atoms with E-state index in [9.17, 15) is 26.7 Å². The van der Waals surface area contributed by atoms with Gasteiger partial charge in [-0.1, -0.05) is 25.5 Å². The SMILES string of the molecule is CCCC1CC(c2ccc(OS(=O)(=O)C(F)(F)F)cc2)Oc2ccc(O)cc21. The molecular formula is C19H19F3O5S. The fourth-order valence-electron chi connectivity index (χ4n) is 3.29. The van der Waals surface area contributed by atoms with Crippen molar-refractivity contribution in [2.75, 3.05) is 0 Å². The molecule has 0 saturated heterocycles. The molecule has 28 heavy (non-hydrogen) atoms. The second-order valence-electron chi connectivity index (χ2n) is 6.60. The zero-order valence-electron chi connectivity index (χ0n) is 14.9. The number of rotatable bonds is 5. The van der Waals surface area contributed by atoms with Crippen LogP contribution in [0.15, 0.2) is 42.5 Å². The van der Waals surface area contributed by atoms with Gasteiger partial charge in [0.2, 0.25) is 0 Å².